The summed E-state index contributed by atoms with van der Waals surface area (Å²) >= 11 is 3.34. The topological polar surface area (TPSA) is 55.5 Å². The van der Waals surface area contributed by atoms with Crippen LogP contribution in [0, 0.1) is 0 Å². The van der Waals surface area contributed by atoms with Crippen LogP contribution in [0.2, 0.25) is 0 Å². The third-order valence-electron chi connectivity index (χ3n) is 2.14. The summed E-state index contributed by atoms with van der Waals surface area (Å²) in [4.78, 5) is 0. The molecule has 0 aliphatic carbocycles. The number of rotatable bonds is 3. The molecule has 0 radical (unpaired) electrons. The molecule has 0 saturated carbocycles. The average Bonchev–Trinajstić information content (AvgIpc) is 2.18. The maximum absolute atomic E-state index is 10.0. The van der Waals surface area contributed by atoms with E-state index in [4.69, 9.17) is 10.5 Å². The lowest BCUT2D eigenvalue weighted by molar-refractivity contribution is 0.0640. The van der Waals surface area contributed by atoms with E-state index in [1.165, 1.54) is 0 Å². The second-order valence-electron chi connectivity index (χ2n) is 3.32. The largest absolute Gasteiger partial charge is 0.496 e. The van der Waals surface area contributed by atoms with Gasteiger partial charge in [-0.05, 0) is 25.1 Å². The molecule has 14 heavy (non-hydrogen) atoms. The minimum Gasteiger partial charge on any atom is -0.496 e. The van der Waals surface area contributed by atoms with Gasteiger partial charge < -0.3 is 15.6 Å². The molecule has 1 rings (SSSR count). The van der Waals surface area contributed by atoms with Crippen molar-refractivity contribution in [2.75, 3.05) is 13.7 Å². The van der Waals surface area contributed by atoms with Crippen molar-refractivity contribution < 1.29 is 9.84 Å². The van der Waals surface area contributed by atoms with Crippen LogP contribution in [0.15, 0.2) is 22.7 Å². The van der Waals surface area contributed by atoms with Gasteiger partial charge in [-0.2, -0.15) is 0 Å². The molecular weight excluding hydrogens is 246 g/mol. The zero-order valence-electron chi connectivity index (χ0n) is 8.25. The van der Waals surface area contributed by atoms with Gasteiger partial charge in [0.25, 0.3) is 0 Å². The van der Waals surface area contributed by atoms with E-state index in [0.29, 0.717) is 11.3 Å². The molecule has 0 aliphatic heterocycles. The molecule has 3 nitrogen and oxygen atoms in total. The van der Waals surface area contributed by atoms with Crippen molar-refractivity contribution >= 4 is 15.9 Å². The summed E-state index contributed by atoms with van der Waals surface area (Å²) in [5.74, 6) is 0.642. The minimum atomic E-state index is -1.06. The van der Waals surface area contributed by atoms with Crippen molar-refractivity contribution in [2.24, 2.45) is 5.73 Å². The lowest BCUT2D eigenvalue weighted by Gasteiger charge is -2.24. The number of benzene rings is 1. The first-order valence-corrected chi connectivity index (χ1v) is 5.07. The van der Waals surface area contributed by atoms with E-state index in [0.717, 1.165) is 4.47 Å². The van der Waals surface area contributed by atoms with Gasteiger partial charge in [0.1, 0.15) is 11.4 Å². The summed E-state index contributed by atoms with van der Waals surface area (Å²) in [5, 5.41) is 10.0. The molecule has 1 aromatic rings. The molecule has 0 saturated heterocycles. The van der Waals surface area contributed by atoms with Crippen LogP contribution in [0.4, 0.5) is 0 Å². The zero-order chi connectivity index (χ0) is 10.8. The molecule has 0 heterocycles. The highest BCUT2D eigenvalue weighted by atomic mass is 79.9. The molecule has 0 bridgehead atoms. The highest BCUT2D eigenvalue weighted by Gasteiger charge is 2.25. The monoisotopic (exact) mass is 259 g/mol. The number of methoxy groups -OCH3 is 1. The van der Waals surface area contributed by atoms with Gasteiger partial charge in [0.15, 0.2) is 0 Å². The summed E-state index contributed by atoms with van der Waals surface area (Å²) in [7, 11) is 1.57. The molecule has 78 valence electrons. The Morgan fingerprint density at radius 2 is 2.21 bits per heavy atom. The fourth-order valence-corrected chi connectivity index (χ4v) is 1.57. The van der Waals surface area contributed by atoms with Crippen LogP contribution in [0.25, 0.3) is 0 Å². The molecule has 0 fully saturated rings. The number of hydrogen-bond acceptors (Lipinski definition) is 3. The van der Waals surface area contributed by atoms with Gasteiger partial charge in [-0.1, -0.05) is 15.9 Å². The van der Waals surface area contributed by atoms with Gasteiger partial charge in [0.05, 0.1) is 7.11 Å². The fourth-order valence-electron chi connectivity index (χ4n) is 1.21. The first-order valence-electron chi connectivity index (χ1n) is 4.27. The minimum absolute atomic E-state index is 0.153. The quantitative estimate of drug-likeness (QED) is 0.868. The Bertz CT molecular complexity index is 326. The number of ether oxygens (including phenoxy) is 1. The fraction of sp³-hybridized carbons (Fsp3) is 0.400. The Hall–Kier alpha value is -0.580. The standard InChI is InChI=1S/C10H14BrNO2/c1-10(13,6-12)8-5-7(11)3-4-9(8)14-2/h3-5,13H,6,12H2,1-2H3/t10-/m0/s1. The smallest absolute Gasteiger partial charge is 0.125 e. The number of aliphatic hydroxyl groups is 1. The van der Waals surface area contributed by atoms with Crippen molar-refractivity contribution in [3.05, 3.63) is 28.2 Å². The van der Waals surface area contributed by atoms with Crippen molar-refractivity contribution in [1.82, 2.24) is 0 Å². The molecular formula is C10H14BrNO2. The summed E-state index contributed by atoms with van der Waals surface area (Å²) in [6.45, 7) is 1.82. The molecule has 1 aromatic carbocycles. The average molecular weight is 260 g/mol. The Kier molecular flexibility index (Phi) is 3.53. The molecule has 1 atom stereocenters. The molecule has 0 amide bonds. The molecule has 0 spiro atoms. The van der Waals surface area contributed by atoms with E-state index >= 15 is 0 Å². The second-order valence-corrected chi connectivity index (χ2v) is 4.24. The number of hydrogen-bond donors (Lipinski definition) is 2. The van der Waals surface area contributed by atoms with E-state index in [2.05, 4.69) is 15.9 Å². The molecule has 3 N–H and O–H groups in total. The predicted molar refractivity (Wildman–Crippen MR) is 59.3 cm³/mol. The van der Waals surface area contributed by atoms with E-state index in [9.17, 15) is 5.11 Å². The van der Waals surface area contributed by atoms with Crippen LogP contribution in [0.1, 0.15) is 12.5 Å². The van der Waals surface area contributed by atoms with Crippen LogP contribution in [-0.4, -0.2) is 18.8 Å². The van der Waals surface area contributed by atoms with Crippen molar-refractivity contribution in [3.63, 3.8) is 0 Å². The van der Waals surface area contributed by atoms with Gasteiger partial charge in [-0.15, -0.1) is 0 Å². The van der Waals surface area contributed by atoms with Gasteiger partial charge in [-0.25, -0.2) is 0 Å². The van der Waals surface area contributed by atoms with Crippen LogP contribution in [0.5, 0.6) is 5.75 Å². The van der Waals surface area contributed by atoms with Gasteiger partial charge in [0.2, 0.25) is 0 Å². The molecule has 0 aromatic heterocycles. The van der Waals surface area contributed by atoms with Crippen LogP contribution in [-0.2, 0) is 5.60 Å². The van der Waals surface area contributed by atoms with Gasteiger partial charge in [0, 0.05) is 16.6 Å². The van der Waals surface area contributed by atoms with E-state index in [1.807, 2.05) is 12.1 Å². The third kappa shape index (κ3) is 2.26. The van der Waals surface area contributed by atoms with Crippen molar-refractivity contribution in [1.29, 1.82) is 0 Å². The highest BCUT2D eigenvalue weighted by Crippen LogP contribution is 2.31. The van der Waals surface area contributed by atoms with Gasteiger partial charge in [-0.3, -0.25) is 0 Å². The number of halogens is 1. The maximum atomic E-state index is 10.0. The summed E-state index contributed by atoms with van der Waals surface area (Å²) in [5.41, 5.74) is 5.12. The maximum Gasteiger partial charge on any atom is 0.125 e. The lowest BCUT2D eigenvalue weighted by atomic mass is 9.95. The number of nitrogens with two attached hydrogens (primary N) is 1. The van der Waals surface area contributed by atoms with Crippen LogP contribution >= 0.6 is 15.9 Å². The SMILES string of the molecule is COc1ccc(Br)cc1[C@@](C)(O)CN. The Morgan fingerprint density at radius 3 is 2.71 bits per heavy atom. The Balaban J connectivity index is 3.23. The second kappa shape index (κ2) is 4.29. The van der Waals surface area contributed by atoms with Crippen LogP contribution < -0.4 is 10.5 Å². The highest BCUT2D eigenvalue weighted by molar-refractivity contribution is 9.10. The van der Waals surface area contributed by atoms with Crippen molar-refractivity contribution in [3.8, 4) is 5.75 Å². The third-order valence-corrected chi connectivity index (χ3v) is 2.63. The normalized spacial score (nSPS) is 14.9. The van der Waals surface area contributed by atoms with Crippen molar-refractivity contribution in [2.45, 2.75) is 12.5 Å². The van der Waals surface area contributed by atoms with E-state index in [-0.39, 0.29) is 6.54 Å². The predicted octanol–water partition coefficient (Wildman–Crippen LogP) is 1.62. The Labute approximate surface area is 92.0 Å². The lowest BCUT2D eigenvalue weighted by Crippen LogP contribution is -2.31. The molecule has 0 aliphatic rings. The summed E-state index contributed by atoms with van der Waals surface area (Å²) in [6.07, 6.45) is 0. The zero-order valence-corrected chi connectivity index (χ0v) is 9.84. The van der Waals surface area contributed by atoms with E-state index < -0.39 is 5.60 Å². The Morgan fingerprint density at radius 1 is 1.57 bits per heavy atom. The van der Waals surface area contributed by atoms with Gasteiger partial charge >= 0.3 is 0 Å². The first kappa shape index (κ1) is 11.5. The summed E-state index contributed by atoms with van der Waals surface area (Å²) in [6, 6.07) is 5.46. The van der Waals surface area contributed by atoms with Crippen LogP contribution in [0.3, 0.4) is 0 Å². The molecule has 0 unspecified atom stereocenters. The summed E-state index contributed by atoms with van der Waals surface area (Å²) < 4.78 is 6.04. The molecule has 4 heteroatoms. The van der Waals surface area contributed by atoms with E-state index in [1.54, 1.807) is 20.1 Å². The first-order chi connectivity index (χ1) is 6.51.